The number of aldehydes is 1. The van der Waals surface area contributed by atoms with E-state index in [9.17, 15) is 4.79 Å². The van der Waals surface area contributed by atoms with Gasteiger partial charge in [0.1, 0.15) is 6.29 Å². The van der Waals surface area contributed by atoms with Gasteiger partial charge in [0.05, 0.1) is 0 Å². The first-order valence-electron chi connectivity index (χ1n) is 5.35. The molecule has 1 unspecified atom stereocenters. The summed E-state index contributed by atoms with van der Waals surface area (Å²) in [6, 6.07) is 10.3. The molecule has 1 aromatic carbocycles. The Hall–Kier alpha value is -1.15. The SMILES string of the molecule is COCCC(C=O)CCc1ccccc1. The first-order chi connectivity index (χ1) is 7.36. The highest BCUT2D eigenvalue weighted by Gasteiger charge is 2.06. The van der Waals surface area contributed by atoms with Crippen molar-refractivity contribution in [2.45, 2.75) is 19.3 Å². The molecular formula is C13H18O2. The number of hydrogen-bond acceptors (Lipinski definition) is 2. The van der Waals surface area contributed by atoms with Gasteiger partial charge in [-0.3, -0.25) is 0 Å². The van der Waals surface area contributed by atoms with E-state index in [1.54, 1.807) is 7.11 Å². The number of benzene rings is 1. The van der Waals surface area contributed by atoms with Crippen molar-refractivity contribution in [1.82, 2.24) is 0 Å². The lowest BCUT2D eigenvalue weighted by Gasteiger charge is -2.09. The molecule has 0 aromatic heterocycles. The Morgan fingerprint density at radius 2 is 2.00 bits per heavy atom. The number of rotatable bonds is 7. The van der Waals surface area contributed by atoms with Crippen molar-refractivity contribution in [3.05, 3.63) is 35.9 Å². The highest BCUT2D eigenvalue weighted by molar-refractivity contribution is 5.53. The maximum absolute atomic E-state index is 10.8. The molecule has 1 rings (SSSR count). The van der Waals surface area contributed by atoms with Gasteiger partial charge in [-0.1, -0.05) is 30.3 Å². The Kier molecular flexibility index (Phi) is 5.71. The molecule has 0 spiro atoms. The Balaban J connectivity index is 2.31. The van der Waals surface area contributed by atoms with Gasteiger partial charge in [-0.25, -0.2) is 0 Å². The number of carbonyl (C=O) groups is 1. The first kappa shape index (κ1) is 11.9. The van der Waals surface area contributed by atoms with Gasteiger partial charge in [-0.05, 0) is 24.8 Å². The molecule has 1 aromatic rings. The zero-order valence-corrected chi connectivity index (χ0v) is 9.19. The Morgan fingerprint density at radius 1 is 1.27 bits per heavy atom. The summed E-state index contributed by atoms with van der Waals surface area (Å²) < 4.78 is 4.97. The second-order valence-corrected chi connectivity index (χ2v) is 3.70. The van der Waals surface area contributed by atoms with Crippen LogP contribution in [0.25, 0.3) is 0 Å². The number of carbonyl (C=O) groups excluding carboxylic acids is 1. The number of ether oxygens (including phenoxy) is 1. The molecule has 0 aliphatic heterocycles. The van der Waals surface area contributed by atoms with E-state index in [4.69, 9.17) is 4.74 Å². The molecule has 2 nitrogen and oxygen atoms in total. The van der Waals surface area contributed by atoms with Crippen LogP contribution in [0.1, 0.15) is 18.4 Å². The molecule has 0 radical (unpaired) electrons. The van der Waals surface area contributed by atoms with Gasteiger partial charge < -0.3 is 9.53 Å². The van der Waals surface area contributed by atoms with Crippen molar-refractivity contribution in [3.8, 4) is 0 Å². The molecule has 0 aliphatic rings. The number of hydrogen-bond donors (Lipinski definition) is 0. The molecule has 15 heavy (non-hydrogen) atoms. The van der Waals surface area contributed by atoms with Crippen LogP contribution in [0, 0.1) is 5.92 Å². The standard InChI is InChI=1S/C13H18O2/c1-15-10-9-13(11-14)8-7-12-5-3-2-4-6-12/h2-6,11,13H,7-10H2,1H3. The molecule has 0 saturated heterocycles. The van der Waals surface area contributed by atoms with E-state index in [2.05, 4.69) is 12.1 Å². The average Bonchev–Trinajstić information content (AvgIpc) is 2.31. The van der Waals surface area contributed by atoms with Gasteiger partial charge in [-0.2, -0.15) is 0 Å². The smallest absolute Gasteiger partial charge is 0.123 e. The van der Waals surface area contributed by atoms with Gasteiger partial charge in [0, 0.05) is 19.6 Å². The van der Waals surface area contributed by atoms with E-state index in [0.717, 1.165) is 25.5 Å². The van der Waals surface area contributed by atoms with Gasteiger partial charge in [0.25, 0.3) is 0 Å². The van der Waals surface area contributed by atoms with Crippen molar-refractivity contribution in [3.63, 3.8) is 0 Å². The van der Waals surface area contributed by atoms with Crippen LogP contribution in [0.4, 0.5) is 0 Å². The molecule has 82 valence electrons. The molecule has 0 amide bonds. The van der Waals surface area contributed by atoms with Crippen molar-refractivity contribution in [2.24, 2.45) is 5.92 Å². The zero-order valence-electron chi connectivity index (χ0n) is 9.19. The quantitative estimate of drug-likeness (QED) is 0.641. The van der Waals surface area contributed by atoms with Crippen molar-refractivity contribution < 1.29 is 9.53 Å². The summed E-state index contributed by atoms with van der Waals surface area (Å²) in [6.45, 7) is 0.665. The summed E-state index contributed by atoms with van der Waals surface area (Å²) in [7, 11) is 1.67. The van der Waals surface area contributed by atoms with Gasteiger partial charge >= 0.3 is 0 Å². The van der Waals surface area contributed by atoms with Crippen molar-refractivity contribution in [2.75, 3.05) is 13.7 Å². The Bertz CT molecular complexity index is 269. The molecule has 2 heteroatoms. The van der Waals surface area contributed by atoms with E-state index >= 15 is 0 Å². The fourth-order valence-corrected chi connectivity index (χ4v) is 1.55. The topological polar surface area (TPSA) is 26.3 Å². The lowest BCUT2D eigenvalue weighted by Crippen LogP contribution is -2.07. The van der Waals surface area contributed by atoms with Crippen molar-refractivity contribution in [1.29, 1.82) is 0 Å². The van der Waals surface area contributed by atoms with E-state index < -0.39 is 0 Å². The molecule has 0 bridgehead atoms. The fourth-order valence-electron chi connectivity index (χ4n) is 1.55. The van der Waals surface area contributed by atoms with Crippen LogP contribution in [0.3, 0.4) is 0 Å². The number of aryl methyl sites for hydroxylation is 1. The first-order valence-corrected chi connectivity index (χ1v) is 5.35. The maximum atomic E-state index is 10.8. The van der Waals surface area contributed by atoms with Crippen LogP contribution in [0.15, 0.2) is 30.3 Å². The average molecular weight is 206 g/mol. The minimum atomic E-state index is 0.130. The third-order valence-corrected chi connectivity index (χ3v) is 2.53. The highest BCUT2D eigenvalue weighted by atomic mass is 16.5. The summed E-state index contributed by atoms with van der Waals surface area (Å²) in [5, 5.41) is 0. The largest absolute Gasteiger partial charge is 0.385 e. The lowest BCUT2D eigenvalue weighted by atomic mass is 9.98. The van der Waals surface area contributed by atoms with Crippen LogP contribution >= 0.6 is 0 Å². The van der Waals surface area contributed by atoms with Gasteiger partial charge in [0.15, 0.2) is 0 Å². The normalized spacial score (nSPS) is 12.3. The molecule has 0 saturated carbocycles. The molecule has 1 atom stereocenters. The van der Waals surface area contributed by atoms with Gasteiger partial charge in [0.2, 0.25) is 0 Å². The summed E-state index contributed by atoms with van der Waals surface area (Å²) >= 11 is 0. The highest BCUT2D eigenvalue weighted by Crippen LogP contribution is 2.11. The van der Waals surface area contributed by atoms with E-state index in [0.29, 0.717) is 6.61 Å². The summed E-state index contributed by atoms with van der Waals surface area (Å²) in [4.78, 5) is 10.8. The predicted octanol–water partition coefficient (Wildman–Crippen LogP) is 2.47. The third kappa shape index (κ3) is 4.75. The predicted molar refractivity (Wildman–Crippen MR) is 60.8 cm³/mol. The fraction of sp³-hybridized carbons (Fsp3) is 0.462. The van der Waals surface area contributed by atoms with E-state index in [-0.39, 0.29) is 5.92 Å². The Morgan fingerprint density at radius 3 is 2.60 bits per heavy atom. The van der Waals surface area contributed by atoms with Crippen molar-refractivity contribution >= 4 is 6.29 Å². The maximum Gasteiger partial charge on any atom is 0.123 e. The second-order valence-electron chi connectivity index (χ2n) is 3.70. The molecule has 0 heterocycles. The summed E-state index contributed by atoms with van der Waals surface area (Å²) in [5.74, 6) is 0.130. The lowest BCUT2D eigenvalue weighted by molar-refractivity contribution is -0.111. The van der Waals surface area contributed by atoms with Crippen LogP contribution in [-0.2, 0) is 16.0 Å². The molecular weight excluding hydrogens is 188 g/mol. The third-order valence-electron chi connectivity index (χ3n) is 2.53. The summed E-state index contributed by atoms with van der Waals surface area (Å²) in [6.07, 6.45) is 3.75. The zero-order chi connectivity index (χ0) is 10.9. The second kappa shape index (κ2) is 7.18. The number of methoxy groups -OCH3 is 1. The van der Waals surface area contributed by atoms with E-state index in [1.807, 2.05) is 18.2 Å². The Labute approximate surface area is 91.3 Å². The molecule has 0 N–H and O–H groups in total. The van der Waals surface area contributed by atoms with Gasteiger partial charge in [-0.15, -0.1) is 0 Å². The monoisotopic (exact) mass is 206 g/mol. The summed E-state index contributed by atoms with van der Waals surface area (Å²) in [5.41, 5.74) is 1.29. The molecule has 0 fully saturated rings. The molecule has 0 aliphatic carbocycles. The van der Waals surface area contributed by atoms with Crippen LogP contribution in [-0.4, -0.2) is 20.0 Å². The van der Waals surface area contributed by atoms with Crippen LogP contribution < -0.4 is 0 Å². The van der Waals surface area contributed by atoms with E-state index in [1.165, 1.54) is 5.56 Å². The minimum Gasteiger partial charge on any atom is -0.385 e. The van der Waals surface area contributed by atoms with Crippen LogP contribution in [0.2, 0.25) is 0 Å². The minimum absolute atomic E-state index is 0.130. The van der Waals surface area contributed by atoms with Crippen LogP contribution in [0.5, 0.6) is 0 Å².